The van der Waals surface area contributed by atoms with Gasteiger partial charge < -0.3 is 4.74 Å². The Morgan fingerprint density at radius 3 is 2.73 bits per heavy atom. The maximum atomic E-state index is 11.4. The molecule has 1 aromatic rings. The summed E-state index contributed by atoms with van der Waals surface area (Å²) in [6.07, 6.45) is -0.114. The van der Waals surface area contributed by atoms with Crippen LogP contribution in [0.25, 0.3) is 0 Å². The molecule has 0 radical (unpaired) electrons. The lowest BCUT2D eigenvalue weighted by molar-refractivity contribution is 0.0370. The Labute approximate surface area is 108 Å². The molecule has 84 valence electrons. The first-order valence-electron chi connectivity index (χ1n) is 4.36. The maximum Gasteiger partial charge on any atom is 0.357 e. The molecule has 0 saturated heterocycles. The fourth-order valence-corrected chi connectivity index (χ4v) is 1.25. The van der Waals surface area contributed by atoms with Gasteiger partial charge in [-0.25, -0.2) is 9.78 Å². The highest BCUT2D eigenvalue weighted by molar-refractivity contribution is 9.08. The number of ether oxygens (including phenoxy) is 1. The van der Waals surface area contributed by atoms with Gasteiger partial charge in [-0.2, -0.15) is 0 Å². The van der Waals surface area contributed by atoms with Gasteiger partial charge >= 0.3 is 5.97 Å². The van der Waals surface area contributed by atoms with Crippen molar-refractivity contribution in [2.24, 2.45) is 0 Å². The molecule has 0 aromatic carbocycles. The predicted octanol–water partition coefficient (Wildman–Crippen LogP) is 3.12. The summed E-state index contributed by atoms with van der Waals surface area (Å²) in [4.78, 5) is 15.5. The van der Waals surface area contributed by atoms with E-state index in [-0.39, 0.29) is 29.1 Å². The number of halogens is 2. The summed E-state index contributed by atoms with van der Waals surface area (Å²) in [5.41, 5.74) is 1.18. The first-order chi connectivity index (χ1) is 6.63. The molecule has 0 bridgehead atoms. The number of carbonyl (C=O) groups is 1. The summed E-state index contributed by atoms with van der Waals surface area (Å²) in [5, 5.41) is 0.635. The van der Waals surface area contributed by atoms with Gasteiger partial charge in [0, 0.05) is 5.33 Å². The van der Waals surface area contributed by atoms with Gasteiger partial charge in [-0.05, 0) is 26.0 Å². The Kier molecular flexibility index (Phi) is 6.76. The van der Waals surface area contributed by atoms with Crippen LogP contribution in [0.15, 0.2) is 18.2 Å². The van der Waals surface area contributed by atoms with E-state index in [0.29, 0.717) is 11.0 Å². The van der Waals surface area contributed by atoms with Crippen molar-refractivity contribution >= 4 is 38.9 Å². The van der Waals surface area contributed by atoms with Crippen LogP contribution in [0.2, 0.25) is 0 Å². The third-order valence-corrected chi connectivity index (χ3v) is 2.07. The minimum atomic E-state index is -0.372. The molecule has 0 N–H and O–H groups in total. The van der Waals surface area contributed by atoms with Gasteiger partial charge in [0.2, 0.25) is 0 Å². The van der Waals surface area contributed by atoms with Crippen molar-refractivity contribution in [1.29, 1.82) is 0 Å². The second-order valence-electron chi connectivity index (χ2n) is 3.10. The molecule has 0 saturated carbocycles. The highest BCUT2D eigenvalue weighted by Crippen LogP contribution is 2.06. The SMILES string of the molecule is Br.CC(C)OC(=O)c1cccc(CBr)n1. The quantitative estimate of drug-likeness (QED) is 0.628. The van der Waals surface area contributed by atoms with E-state index in [1.54, 1.807) is 12.1 Å². The maximum absolute atomic E-state index is 11.4. The molecule has 3 nitrogen and oxygen atoms in total. The highest BCUT2D eigenvalue weighted by Gasteiger charge is 2.10. The first kappa shape index (κ1) is 14.6. The van der Waals surface area contributed by atoms with E-state index < -0.39 is 0 Å². The summed E-state index contributed by atoms with van der Waals surface area (Å²) < 4.78 is 5.02. The lowest BCUT2D eigenvalue weighted by Crippen LogP contribution is -2.13. The zero-order valence-corrected chi connectivity index (χ0v) is 11.9. The highest BCUT2D eigenvalue weighted by atomic mass is 79.9. The molecule has 15 heavy (non-hydrogen) atoms. The van der Waals surface area contributed by atoms with E-state index in [1.807, 2.05) is 19.9 Å². The fourth-order valence-electron chi connectivity index (χ4n) is 0.942. The molecular weight excluding hydrogens is 326 g/mol. The molecule has 0 aliphatic carbocycles. The van der Waals surface area contributed by atoms with E-state index in [0.717, 1.165) is 5.69 Å². The number of nitrogens with zero attached hydrogens (tertiary/aromatic N) is 1. The van der Waals surface area contributed by atoms with E-state index in [9.17, 15) is 4.79 Å². The Balaban J connectivity index is 0.00000196. The van der Waals surface area contributed by atoms with Gasteiger partial charge in [-0.1, -0.05) is 22.0 Å². The van der Waals surface area contributed by atoms with Crippen molar-refractivity contribution in [2.45, 2.75) is 25.3 Å². The number of carbonyl (C=O) groups excluding carboxylic acids is 1. The molecule has 5 heteroatoms. The van der Waals surface area contributed by atoms with Gasteiger partial charge in [-0.3, -0.25) is 0 Å². The van der Waals surface area contributed by atoms with Crippen LogP contribution < -0.4 is 0 Å². The monoisotopic (exact) mass is 337 g/mol. The zero-order chi connectivity index (χ0) is 10.6. The molecule has 1 rings (SSSR count). The van der Waals surface area contributed by atoms with Crippen molar-refractivity contribution in [1.82, 2.24) is 4.98 Å². The average Bonchev–Trinajstić information content (AvgIpc) is 2.17. The van der Waals surface area contributed by atoms with Crippen LogP contribution >= 0.6 is 32.9 Å². The van der Waals surface area contributed by atoms with Crippen molar-refractivity contribution in [2.75, 3.05) is 0 Å². The Bertz CT molecular complexity index is 329. The van der Waals surface area contributed by atoms with Gasteiger partial charge in [0.25, 0.3) is 0 Å². The van der Waals surface area contributed by atoms with Gasteiger partial charge in [0.15, 0.2) is 0 Å². The molecule has 0 spiro atoms. The van der Waals surface area contributed by atoms with Crippen molar-refractivity contribution in [3.05, 3.63) is 29.6 Å². The smallest absolute Gasteiger partial charge is 0.357 e. The number of esters is 1. The van der Waals surface area contributed by atoms with Gasteiger partial charge in [0.05, 0.1) is 11.8 Å². The summed E-state index contributed by atoms with van der Waals surface area (Å²) >= 11 is 3.28. The second-order valence-corrected chi connectivity index (χ2v) is 3.66. The number of pyridine rings is 1. The molecule has 1 heterocycles. The number of hydrogen-bond acceptors (Lipinski definition) is 3. The molecule has 1 aromatic heterocycles. The van der Waals surface area contributed by atoms with Crippen molar-refractivity contribution in [3.63, 3.8) is 0 Å². The first-order valence-corrected chi connectivity index (χ1v) is 5.48. The number of alkyl halides is 1. The number of rotatable bonds is 3. The van der Waals surface area contributed by atoms with E-state index >= 15 is 0 Å². The Morgan fingerprint density at radius 1 is 1.53 bits per heavy atom. The summed E-state index contributed by atoms with van der Waals surface area (Å²) in [7, 11) is 0. The number of hydrogen-bond donors (Lipinski definition) is 0. The van der Waals surface area contributed by atoms with Crippen molar-refractivity contribution in [3.8, 4) is 0 Å². The lowest BCUT2D eigenvalue weighted by Gasteiger charge is -2.07. The van der Waals surface area contributed by atoms with Crippen molar-refractivity contribution < 1.29 is 9.53 Å². The molecular formula is C10H13Br2NO2. The van der Waals surface area contributed by atoms with Crippen LogP contribution in [-0.4, -0.2) is 17.1 Å². The summed E-state index contributed by atoms with van der Waals surface area (Å²) in [6.45, 7) is 3.62. The molecule has 0 fully saturated rings. The average molecular weight is 339 g/mol. The molecule has 0 amide bonds. The normalized spacial score (nSPS) is 9.60. The predicted molar refractivity (Wildman–Crippen MR) is 67.7 cm³/mol. The van der Waals surface area contributed by atoms with Crippen LogP contribution in [-0.2, 0) is 10.1 Å². The molecule has 0 unspecified atom stereocenters. The topological polar surface area (TPSA) is 39.2 Å². The van der Waals surface area contributed by atoms with Crippen LogP contribution in [0.1, 0.15) is 30.0 Å². The second kappa shape index (κ2) is 6.95. The third-order valence-electron chi connectivity index (χ3n) is 1.50. The third kappa shape index (κ3) is 4.75. The standard InChI is InChI=1S/C10H12BrNO2.BrH/c1-7(2)14-10(13)9-5-3-4-8(6-11)12-9;/h3-5,7H,6H2,1-2H3;1H. The van der Waals surface area contributed by atoms with Crippen LogP contribution in [0.5, 0.6) is 0 Å². The van der Waals surface area contributed by atoms with Crippen LogP contribution in [0.4, 0.5) is 0 Å². The Hall–Kier alpha value is -0.420. The Morgan fingerprint density at radius 2 is 2.20 bits per heavy atom. The minimum absolute atomic E-state index is 0. The lowest BCUT2D eigenvalue weighted by atomic mass is 10.3. The van der Waals surface area contributed by atoms with Gasteiger partial charge in [-0.15, -0.1) is 17.0 Å². The van der Waals surface area contributed by atoms with Crippen LogP contribution in [0.3, 0.4) is 0 Å². The largest absolute Gasteiger partial charge is 0.458 e. The summed E-state index contributed by atoms with van der Waals surface area (Å²) in [6, 6.07) is 5.29. The van der Waals surface area contributed by atoms with E-state index in [1.165, 1.54) is 0 Å². The summed E-state index contributed by atoms with van der Waals surface area (Å²) in [5.74, 6) is -0.372. The molecule has 0 aliphatic rings. The van der Waals surface area contributed by atoms with E-state index in [2.05, 4.69) is 20.9 Å². The minimum Gasteiger partial charge on any atom is -0.458 e. The molecule has 0 atom stereocenters. The molecule has 0 aliphatic heterocycles. The zero-order valence-electron chi connectivity index (χ0n) is 8.57. The van der Waals surface area contributed by atoms with E-state index in [4.69, 9.17) is 4.74 Å². The van der Waals surface area contributed by atoms with Crippen LogP contribution in [0, 0.1) is 0 Å². The number of aromatic nitrogens is 1. The fraction of sp³-hybridized carbons (Fsp3) is 0.400. The van der Waals surface area contributed by atoms with Gasteiger partial charge in [0.1, 0.15) is 5.69 Å².